The van der Waals surface area contributed by atoms with Gasteiger partial charge >= 0.3 is 5.97 Å². The maximum absolute atomic E-state index is 12.7. The molecule has 0 aliphatic heterocycles. The number of carbonyl (C=O) groups excluding carboxylic acids is 2. The standard InChI is InChI=1S/C21H20N2O5S/c1-3-27-13-9-7-12(8-10-13)16-11-15(23-28-16)19(24)22-20-18(21(25)26-2)14-5-4-6-17(14)29-20/h7-11H,3-6H2,1-2H3,(H,22,24). The molecule has 0 radical (unpaired) electrons. The van der Waals surface area contributed by atoms with E-state index in [9.17, 15) is 9.59 Å². The highest BCUT2D eigenvalue weighted by molar-refractivity contribution is 7.17. The van der Waals surface area contributed by atoms with Gasteiger partial charge in [-0.15, -0.1) is 11.3 Å². The Bertz CT molecular complexity index is 1050. The Morgan fingerprint density at radius 3 is 2.76 bits per heavy atom. The van der Waals surface area contributed by atoms with Crippen molar-refractivity contribution in [2.45, 2.75) is 26.2 Å². The van der Waals surface area contributed by atoms with Crippen molar-refractivity contribution in [1.82, 2.24) is 5.16 Å². The highest BCUT2D eigenvalue weighted by Crippen LogP contribution is 2.39. The lowest BCUT2D eigenvalue weighted by atomic mass is 10.1. The molecule has 0 unspecified atom stereocenters. The summed E-state index contributed by atoms with van der Waals surface area (Å²) in [6.45, 7) is 2.51. The molecule has 2 heterocycles. The summed E-state index contributed by atoms with van der Waals surface area (Å²) < 4.78 is 15.7. The van der Waals surface area contributed by atoms with Gasteiger partial charge in [0.1, 0.15) is 10.8 Å². The van der Waals surface area contributed by atoms with Crippen molar-refractivity contribution in [2.75, 3.05) is 19.0 Å². The lowest BCUT2D eigenvalue weighted by molar-refractivity contribution is 0.0601. The quantitative estimate of drug-likeness (QED) is 0.606. The summed E-state index contributed by atoms with van der Waals surface area (Å²) >= 11 is 1.42. The number of esters is 1. The zero-order valence-electron chi connectivity index (χ0n) is 16.1. The summed E-state index contributed by atoms with van der Waals surface area (Å²) in [5.74, 6) is 0.362. The lowest BCUT2D eigenvalue weighted by Crippen LogP contribution is -2.14. The molecule has 29 heavy (non-hydrogen) atoms. The number of hydrogen-bond donors (Lipinski definition) is 1. The fourth-order valence-electron chi connectivity index (χ4n) is 3.38. The Balaban J connectivity index is 1.54. The van der Waals surface area contributed by atoms with Crippen molar-refractivity contribution < 1.29 is 23.6 Å². The van der Waals surface area contributed by atoms with Gasteiger partial charge in [0, 0.05) is 16.5 Å². The fourth-order valence-corrected chi connectivity index (χ4v) is 4.65. The Morgan fingerprint density at radius 2 is 2.03 bits per heavy atom. The van der Waals surface area contributed by atoms with Crippen LogP contribution >= 0.6 is 11.3 Å². The largest absolute Gasteiger partial charge is 0.494 e. The number of rotatable bonds is 6. The summed E-state index contributed by atoms with van der Waals surface area (Å²) in [4.78, 5) is 26.0. The van der Waals surface area contributed by atoms with E-state index < -0.39 is 11.9 Å². The van der Waals surface area contributed by atoms with Crippen LogP contribution in [0.4, 0.5) is 5.00 Å². The predicted octanol–water partition coefficient (Wildman–Crippen LogP) is 4.33. The van der Waals surface area contributed by atoms with E-state index in [-0.39, 0.29) is 5.69 Å². The molecule has 3 aromatic rings. The second-order valence-electron chi connectivity index (χ2n) is 6.54. The van der Waals surface area contributed by atoms with Crippen LogP contribution in [0.2, 0.25) is 0 Å². The Kier molecular flexibility index (Phi) is 5.35. The van der Waals surface area contributed by atoms with Crippen molar-refractivity contribution in [3.05, 3.63) is 52.0 Å². The number of nitrogens with zero attached hydrogens (tertiary/aromatic N) is 1. The summed E-state index contributed by atoms with van der Waals surface area (Å²) in [6, 6.07) is 8.91. The van der Waals surface area contributed by atoms with Gasteiger partial charge in [-0.2, -0.15) is 0 Å². The topological polar surface area (TPSA) is 90.7 Å². The van der Waals surface area contributed by atoms with Crippen LogP contribution in [0.15, 0.2) is 34.9 Å². The number of anilines is 1. The number of hydrogen-bond acceptors (Lipinski definition) is 7. The summed E-state index contributed by atoms with van der Waals surface area (Å²) in [5.41, 5.74) is 2.35. The first-order valence-electron chi connectivity index (χ1n) is 9.34. The number of fused-ring (bicyclic) bond motifs is 1. The van der Waals surface area contributed by atoms with E-state index in [0.29, 0.717) is 22.9 Å². The fraction of sp³-hybridized carbons (Fsp3) is 0.286. The summed E-state index contributed by atoms with van der Waals surface area (Å²) in [6.07, 6.45) is 2.73. The molecule has 7 nitrogen and oxygen atoms in total. The van der Waals surface area contributed by atoms with E-state index in [1.165, 1.54) is 18.4 Å². The van der Waals surface area contributed by atoms with Crippen LogP contribution in [0.3, 0.4) is 0 Å². The zero-order chi connectivity index (χ0) is 20.4. The molecule has 0 bridgehead atoms. The first-order chi connectivity index (χ1) is 14.1. The first-order valence-corrected chi connectivity index (χ1v) is 10.2. The van der Waals surface area contributed by atoms with E-state index in [4.69, 9.17) is 14.0 Å². The van der Waals surface area contributed by atoms with E-state index >= 15 is 0 Å². The second kappa shape index (κ2) is 8.08. The van der Waals surface area contributed by atoms with Gasteiger partial charge in [-0.05, 0) is 56.0 Å². The molecule has 0 saturated carbocycles. The minimum absolute atomic E-state index is 0.137. The van der Waals surface area contributed by atoms with Crippen molar-refractivity contribution in [3.63, 3.8) is 0 Å². The monoisotopic (exact) mass is 412 g/mol. The molecule has 1 aliphatic carbocycles. The van der Waals surface area contributed by atoms with Crippen molar-refractivity contribution in [3.8, 4) is 17.1 Å². The van der Waals surface area contributed by atoms with Crippen LogP contribution in [-0.4, -0.2) is 30.7 Å². The maximum Gasteiger partial charge on any atom is 0.341 e. The van der Waals surface area contributed by atoms with E-state index in [1.807, 2.05) is 31.2 Å². The molecule has 0 atom stereocenters. The molecule has 150 valence electrons. The number of methoxy groups -OCH3 is 1. The summed E-state index contributed by atoms with van der Waals surface area (Å²) in [7, 11) is 1.34. The van der Waals surface area contributed by atoms with Gasteiger partial charge in [0.15, 0.2) is 11.5 Å². The highest BCUT2D eigenvalue weighted by atomic mass is 32.1. The smallest absolute Gasteiger partial charge is 0.341 e. The molecule has 1 aromatic carbocycles. The molecule has 1 aliphatic rings. The average molecular weight is 412 g/mol. The number of benzene rings is 1. The van der Waals surface area contributed by atoms with E-state index in [0.717, 1.165) is 41.0 Å². The van der Waals surface area contributed by atoms with Gasteiger partial charge in [-0.3, -0.25) is 4.79 Å². The Morgan fingerprint density at radius 1 is 1.24 bits per heavy atom. The number of carbonyl (C=O) groups is 2. The molecular formula is C21H20N2O5S. The van der Waals surface area contributed by atoms with E-state index in [1.54, 1.807) is 6.07 Å². The number of nitrogens with one attached hydrogen (secondary N) is 1. The molecule has 1 N–H and O–H groups in total. The number of amides is 1. The van der Waals surface area contributed by atoms with Gasteiger partial charge in [-0.25, -0.2) is 4.79 Å². The molecule has 0 spiro atoms. The number of aryl methyl sites for hydroxylation is 1. The van der Waals surface area contributed by atoms with Crippen molar-refractivity contribution in [2.24, 2.45) is 0 Å². The molecule has 4 rings (SSSR count). The summed E-state index contributed by atoms with van der Waals surface area (Å²) in [5, 5.41) is 7.17. The maximum atomic E-state index is 12.7. The third-order valence-corrected chi connectivity index (χ3v) is 5.94. The van der Waals surface area contributed by atoms with Crippen LogP contribution in [0.25, 0.3) is 11.3 Å². The molecule has 0 saturated heterocycles. The highest BCUT2D eigenvalue weighted by Gasteiger charge is 2.28. The van der Waals surface area contributed by atoms with Crippen LogP contribution in [0.1, 0.15) is 44.6 Å². The number of aromatic nitrogens is 1. The van der Waals surface area contributed by atoms with Crippen LogP contribution in [0, 0.1) is 0 Å². The molecule has 2 aromatic heterocycles. The zero-order valence-corrected chi connectivity index (χ0v) is 16.9. The van der Waals surface area contributed by atoms with Gasteiger partial charge < -0.3 is 19.3 Å². The van der Waals surface area contributed by atoms with Crippen LogP contribution < -0.4 is 10.1 Å². The molecule has 1 amide bonds. The molecule has 0 fully saturated rings. The Hall–Kier alpha value is -3.13. The third-order valence-electron chi connectivity index (χ3n) is 4.73. The van der Waals surface area contributed by atoms with Gasteiger partial charge in [0.2, 0.25) is 0 Å². The first kappa shape index (κ1) is 19.2. The lowest BCUT2D eigenvalue weighted by Gasteiger charge is -2.05. The van der Waals surface area contributed by atoms with Gasteiger partial charge in [-0.1, -0.05) is 5.16 Å². The minimum Gasteiger partial charge on any atom is -0.494 e. The Labute approximate surface area is 171 Å². The second-order valence-corrected chi connectivity index (χ2v) is 7.65. The SMILES string of the molecule is CCOc1ccc(-c2cc(C(=O)Nc3sc4c(c3C(=O)OC)CCC4)no2)cc1. The van der Waals surface area contributed by atoms with Gasteiger partial charge in [0.25, 0.3) is 5.91 Å². The average Bonchev–Trinajstić information content (AvgIpc) is 3.44. The predicted molar refractivity (Wildman–Crippen MR) is 109 cm³/mol. The minimum atomic E-state index is -0.435. The van der Waals surface area contributed by atoms with E-state index in [2.05, 4.69) is 10.5 Å². The molecular weight excluding hydrogens is 392 g/mol. The third kappa shape index (κ3) is 3.75. The van der Waals surface area contributed by atoms with Crippen molar-refractivity contribution in [1.29, 1.82) is 0 Å². The number of thiophene rings is 1. The molecule has 8 heteroatoms. The van der Waals surface area contributed by atoms with Crippen molar-refractivity contribution >= 4 is 28.2 Å². The van der Waals surface area contributed by atoms with Gasteiger partial charge in [0.05, 0.1) is 19.3 Å². The van der Waals surface area contributed by atoms with Crippen LogP contribution in [-0.2, 0) is 17.6 Å². The normalized spacial score (nSPS) is 12.5. The number of ether oxygens (including phenoxy) is 2. The van der Waals surface area contributed by atoms with Crippen LogP contribution in [0.5, 0.6) is 5.75 Å².